The molecule has 0 aliphatic heterocycles. The lowest BCUT2D eigenvalue weighted by atomic mass is 10.1. The summed E-state index contributed by atoms with van der Waals surface area (Å²) >= 11 is 0. The molecule has 0 spiro atoms. The lowest BCUT2D eigenvalue weighted by Crippen LogP contribution is -2.27. The molecule has 0 aliphatic carbocycles. The van der Waals surface area contributed by atoms with E-state index in [-0.39, 0.29) is 12.5 Å². The van der Waals surface area contributed by atoms with Crippen molar-refractivity contribution in [3.8, 4) is 17.0 Å². The number of rotatable bonds is 6. The number of carbonyl (C=O) groups is 1. The third kappa shape index (κ3) is 3.92. The number of aromatic nitrogens is 5. The zero-order chi connectivity index (χ0) is 16.8. The van der Waals surface area contributed by atoms with Gasteiger partial charge in [0.15, 0.2) is 0 Å². The molecule has 1 aromatic carbocycles. The highest BCUT2D eigenvalue weighted by atomic mass is 16.5. The lowest BCUT2D eigenvalue weighted by molar-refractivity contribution is -0.122. The second-order valence-corrected chi connectivity index (χ2v) is 4.99. The summed E-state index contributed by atoms with van der Waals surface area (Å²) in [6, 6.07) is 9.44. The highest BCUT2D eigenvalue weighted by Gasteiger charge is 2.06. The molecular weight excluding hydrogens is 308 g/mol. The maximum absolute atomic E-state index is 11.9. The van der Waals surface area contributed by atoms with Crippen LogP contribution in [-0.4, -0.2) is 37.7 Å². The van der Waals surface area contributed by atoms with Gasteiger partial charge in [-0.05, 0) is 30.3 Å². The molecular formula is C16H16N6O2. The maximum atomic E-state index is 11.9. The van der Waals surface area contributed by atoms with Crippen LogP contribution in [0.5, 0.6) is 5.75 Å². The smallest absolute Gasteiger partial charge is 0.242 e. The van der Waals surface area contributed by atoms with E-state index < -0.39 is 0 Å². The van der Waals surface area contributed by atoms with E-state index in [1.54, 1.807) is 7.11 Å². The summed E-state index contributed by atoms with van der Waals surface area (Å²) in [5, 5.41) is 6.68. The Morgan fingerprint density at radius 1 is 1.21 bits per heavy atom. The first-order valence-electron chi connectivity index (χ1n) is 7.29. The topological polar surface area (TPSA) is 94.8 Å². The Morgan fingerprint density at radius 3 is 2.75 bits per heavy atom. The van der Waals surface area contributed by atoms with Crippen molar-refractivity contribution in [1.82, 2.24) is 30.0 Å². The number of ether oxygens (including phenoxy) is 1. The van der Waals surface area contributed by atoms with Crippen molar-refractivity contribution in [3.63, 3.8) is 0 Å². The van der Waals surface area contributed by atoms with Gasteiger partial charge >= 0.3 is 0 Å². The first kappa shape index (κ1) is 15.6. The van der Waals surface area contributed by atoms with E-state index in [1.165, 1.54) is 23.7 Å². The molecule has 122 valence electrons. The molecule has 0 bridgehead atoms. The lowest BCUT2D eigenvalue weighted by Gasteiger charge is -2.07. The third-order valence-electron chi connectivity index (χ3n) is 3.35. The second kappa shape index (κ2) is 7.32. The monoisotopic (exact) mass is 324 g/mol. The summed E-state index contributed by atoms with van der Waals surface area (Å²) in [7, 11) is 1.62. The van der Waals surface area contributed by atoms with Crippen LogP contribution in [0.3, 0.4) is 0 Å². The fourth-order valence-corrected chi connectivity index (χ4v) is 2.12. The van der Waals surface area contributed by atoms with Gasteiger partial charge in [0.2, 0.25) is 5.91 Å². The van der Waals surface area contributed by atoms with Gasteiger partial charge in [-0.2, -0.15) is 5.10 Å². The quantitative estimate of drug-likeness (QED) is 0.728. The van der Waals surface area contributed by atoms with Crippen LogP contribution in [0.15, 0.2) is 49.3 Å². The van der Waals surface area contributed by atoms with Gasteiger partial charge in [-0.3, -0.25) is 4.79 Å². The van der Waals surface area contributed by atoms with Crippen molar-refractivity contribution < 1.29 is 9.53 Å². The Kier molecular flexibility index (Phi) is 4.76. The van der Waals surface area contributed by atoms with Crippen LogP contribution in [0.1, 0.15) is 5.69 Å². The number of amides is 1. The average Bonchev–Trinajstić information content (AvgIpc) is 3.13. The Balaban J connectivity index is 1.63. The van der Waals surface area contributed by atoms with Crippen molar-refractivity contribution in [2.24, 2.45) is 0 Å². The predicted octanol–water partition coefficient (Wildman–Crippen LogP) is 1.06. The van der Waals surface area contributed by atoms with Crippen molar-refractivity contribution in [2.75, 3.05) is 7.11 Å². The number of nitrogens with zero attached hydrogens (tertiary/aromatic N) is 5. The normalized spacial score (nSPS) is 10.4. The molecule has 0 radical (unpaired) electrons. The largest absolute Gasteiger partial charge is 0.497 e. The van der Waals surface area contributed by atoms with Crippen LogP contribution in [0, 0.1) is 0 Å². The molecule has 2 heterocycles. The van der Waals surface area contributed by atoms with Crippen LogP contribution in [0.25, 0.3) is 11.3 Å². The molecule has 0 saturated carbocycles. The van der Waals surface area contributed by atoms with Gasteiger partial charge in [0, 0.05) is 5.56 Å². The number of hydrogen-bond acceptors (Lipinski definition) is 6. The van der Waals surface area contributed by atoms with Gasteiger partial charge in [-0.15, -0.1) is 0 Å². The maximum Gasteiger partial charge on any atom is 0.242 e. The average molecular weight is 324 g/mol. The third-order valence-corrected chi connectivity index (χ3v) is 3.35. The first-order valence-corrected chi connectivity index (χ1v) is 7.29. The first-order chi connectivity index (χ1) is 11.7. The minimum absolute atomic E-state index is 0.121. The molecule has 1 amide bonds. The van der Waals surface area contributed by atoms with E-state index in [0.29, 0.717) is 6.54 Å². The molecule has 0 saturated heterocycles. The van der Waals surface area contributed by atoms with Crippen LogP contribution in [0.2, 0.25) is 0 Å². The molecule has 0 fully saturated rings. The summed E-state index contributed by atoms with van der Waals surface area (Å²) < 4.78 is 6.60. The fraction of sp³-hybridized carbons (Fsp3) is 0.188. The SMILES string of the molecule is COc1ccc(-c2cc(CNC(=O)Cn3cncn3)ncn2)cc1. The molecule has 0 unspecified atom stereocenters. The second-order valence-electron chi connectivity index (χ2n) is 4.99. The highest BCUT2D eigenvalue weighted by molar-refractivity contribution is 5.75. The minimum atomic E-state index is -0.162. The molecule has 0 aliphatic rings. The Labute approximate surface area is 138 Å². The van der Waals surface area contributed by atoms with Crippen molar-refractivity contribution in [2.45, 2.75) is 13.1 Å². The van der Waals surface area contributed by atoms with Gasteiger partial charge < -0.3 is 10.1 Å². The molecule has 3 rings (SSSR count). The van der Waals surface area contributed by atoms with Crippen molar-refractivity contribution in [1.29, 1.82) is 0 Å². The van der Waals surface area contributed by atoms with Crippen LogP contribution < -0.4 is 10.1 Å². The van der Waals surface area contributed by atoms with Gasteiger partial charge in [-0.25, -0.2) is 19.6 Å². The van der Waals surface area contributed by atoms with Crippen molar-refractivity contribution >= 4 is 5.91 Å². The summed E-state index contributed by atoms with van der Waals surface area (Å²) in [6.07, 6.45) is 4.36. The van der Waals surface area contributed by atoms with Gasteiger partial charge in [0.25, 0.3) is 0 Å². The van der Waals surface area contributed by atoms with E-state index in [9.17, 15) is 4.79 Å². The summed E-state index contributed by atoms with van der Waals surface area (Å²) in [4.78, 5) is 24.1. The van der Waals surface area contributed by atoms with E-state index in [4.69, 9.17) is 4.74 Å². The van der Waals surface area contributed by atoms with E-state index in [1.807, 2.05) is 30.3 Å². The van der Waals surface area contributed by atoms with Crippen LogP contribution >= 0.6 is 0 Å². The molecule has 8 nitrogen and oxygen atoms in total. The van der Waals surface area contributed by atoms with E-state index in [2.05, 4.69) is 25.4 Å². The molecule has 1 N–H and O–H groups in total. The van der Waals surface area contributed by atoms with Crippen LogP contribution in [0.4, 0.5) is 0 Å². The Morgan fingerprint density at radius 2 is 2.04 bits per heavy atom. The van der Waals surface area contributed by atoms with Crippen molar-refractivity contribution in [3.05, 3.63) is 55.0 Å². The molecule has 3 aromatic rings. The Hall–Kier alpha value is -3.29. The molecule has 2 aromatic heterocycles. The highest BCUT2D eigenvalue weighted by Crippen LogP contribution is 2.20. The molecule has 0 atom stereocenters. The van der Waals surface area contributed by atoms with Crippen LogP contribution in [-0.2, 0) is 17.9 Å². The molecule has 8 heteroatoms. The number of nitrogens with one attached hydrogen (secondary N) is 1. The van der Waals surface area contributed by atoms with Gasteiger partial charge in [0.1, 0.15) is 31.3 Å². The molecule has 24 heavy (non-hydrogen) atoms. The number of hydrogen-bond donors (Lipinski definition) is 1. The fourth-order valence-electron chi connectivity index (χ4n) is 2.12. The standard InChI is InChI=1S/C16H16N6O2/c1-24-14-4-2-12(3-5-14)15-6-13(19-10-20-15)7-18-16(23)8-22-11-17-9-21-22/h2-6,9-11H,7-8H2,1H3,(H,18,23). The van der Waals surface area contributed by atoms with E-state index >= 15 is 0 Å². The Bertz CT molecular complexity index is 802. The number of carbonyl (C=O) groups excluding carboxylic acids is 1. The summed E-state index contributed by atoms with van der Waals surface area (Å²) in [5.74, 6) is 0.624. The number of methoxy groups -OCH3 is 1. The minimum Gasteiger partial charge on any atom is -0.497 e. The van der Waals surface area contributed by atoms with Gasteiger partial charge in [-0.1, -0.05) is 0 Å². The number of benzene rings is 1. The summed E-state index contributed by atoms with van der Waals surface area (Å²) in [6.45, 7) is 0.440. The van der Waals surface area contributed by atoms with E-state index in [0.717, 1.165) is 22.7 Å². The summed E-state index contributed by atoms with van der Waals surface area (Å²) in [5.41, 5.74) is 2.46. The zero-order valence-electron chi connectivity index (χ0n) is 13.1. The van der Waals surface area contributed by atoms with Gasteiger partial charge in [0.05, 0.1) is 25.0 Å². The predicted molar refractivity (Wildman–Crippen MR) is 85.9 cm³/mol. The zero-order valence-corrected chi connectivity index (χ0v) is 13.1.